The van der Waals surface area contributed by atoms with E-state index in [4.69, 9.17) is 40.1 Å². The maximum atomic E-state index is 14.8. The summed E-state index contributed by atoms with van der Waals surface area (Å²) in [6, 6.07) is 2.78. The van der Waals surface area contributed by atoms with Crippen molar-refractivity contribution in [2.45, 2.75) is 6.92 Å². The number of nitrogen functional groups attached to an aromatic ring is 1. The van der Waals surface area contributed by atoms with Crippen LogP contribution < -0.4 is 10.5 Å². The third-order valence-corrected chi connectivity index (χ3v) is 6.92. The summed E-state index contributed by atoms with van der Waals surface area (Å²) in [5.74, 6) is -2.02. The first-order chi connectivity index (χ1) is 14.8. The number of methoxy groups -OCH3 is 2. The summed E-state index contributed by atoms with van der Waals surface area (Å²) in [4.78, 5) is 20.7. The van der Waals surface area contributed by atoms with Crippen LogP contribution in [0.5, 0.6) is 5.75 Å². The summed E-state index contributed by atoms with van der Waals surface area (Å²) >= 11 is 5.94. The van der Waals surface area contributed by atoms with Crippen LogP contribution in [0.25, 0.3) is 17.5 Å². The standard InChI is InChI=1S/C19H23ClFN3O6Si/c1-6-30-31(28-4,29-5)10-9-12-15(19(25)27-3)23-18(24-17(12)22)11-7-8-13(20)16(26-2)14(11)21/h7-10H,6H2,1-5H3,(H2,22,23,24)/b10-9+. The van der Waals surface area contributed by atoms with Gasteiger partial charge in [-0.2, -0.15) is 0 Å². The van der Waals surface area contributed by atoms with Gasteiger partial charge in [0.1, 0.15) is 5.82 Å². The van der Waals surface area contributed by atoms with E-state index in [1.165, 1.54) is 52.3 Å². The first-order valence-electron chi connectivity index (χ1n) is 8.99. The van der Waals surface area contributed by atoms with E-state index in [9.17, 15) is 9.18 Å². The van der Waals surface area contributed by atoms with Crippen LogP contribution in [-0.4, -0.2) is 59.8 Å². The fraction of sp³-hybridized carbons (Fsp3) is 0.316. The van der Waals surface area contributed by atoms with Crippen molar-refractivity contribution in [1.82, 2.24) is 9.97 Å². The van der Waals surface area contributed by atoms with Crippen LogP contribution >= 0.6 is 11.6 Å². The number of anilines is 1. The highest BCUT2D eigenvalue weighted by Crippen LogP contribution is 2.34. The lowest BCUT2D eigenvalue weighted by Crippen LogP contribution is -2.42. The highest BCUT2D eigenvalue weighted by atomic mass is 35.5. The van der Waals surface area contributed by atoms with E-state index in [0.717, 1.165) is 0 Å². The van der Waals surface area contributed by atoms with Crippen molar-refractivity contribution in [3.63, 3.8) is 0 Å². The second kappa shape index (κ2) is 10.6. The van der Waals surface area contributed by atoms with Gasteiger partial charge in [-0.15, -0.1) is 0 Å². The van der Waals surface area contributed by atoms with E-state index < -0.39 is 20.6 Å². The van der Waals surface area contributed by atoms with Crippen molar-refractivity contribution in [2.24, 2.45) is 0 Å². The van der Waals surface area contributed by atoms with Crippen LogP contribution in [-0.2, 0) is 18.0 Å². The number of hydrogen-bond donors (Lipinski definition) is 1. The van der Waals surface area contributed by atoms with E-state index in [0.29, 0.717) is 6.61 Å². The zero-order valence-electron chi connectivity index (χ0n) is 17.7. The third-order valence-electron chi connectivity index (χ3n) is 4.22. The number of benzene rings is 1. The van der Waals surface area contributed by atoms with Gasteiger partial charge in [-0.05, 0) is 30.8 Å². The number of nitrogens with two attached hydrogens (primary N) is 1. The molecular formula is C19H23ClFN3O6Si. The number of nitrogens with zero attached hydrogens (tertiary/aromatic N) is 2. The van der Waals surface area contributed by atoms with Crippen molar-refractivity contribution in [1.29, 1.82) is 0 Å². The maximum absolute atomic E-state index is 14.8. The second-order valence-corrected chi connectivity index (χ2v) is 8.96. The molecule has 0 aliphatic heterocycles. The molecule has 0 fully saturated rings. The number of aromatic nitrogens is 2. The summed E-state index contributed by atoms with van der Waals surface area (Å²) in [6.07, 6.45) is 1.46. The molecule has 2 aromatic rings. The number of esters is 1. The van der Waals surface area contributed by atoms with Gasteiger partial charge in [0.25, 0.3) is 0 Å². The Labute approximate surface area is 185 Å². The van der Waals surface area contributed by atoms with Crippen LogP contribution in [0.3, 0.4) is 0 Å². The Morgan fingerprint density at radius 2 is 1.90 bits per heavy atom. The molecule has 0 atom stereocenters. The summed E-state index contributed by atoms with van der Waals surface area (Å²) in [5.41, 5.74) is 7.53. The summed E-state index contributed by atoms with van der Waals surface area (Å²) < 4.78 is 41.0. The van der Waals surface area contributed by atoms with Gasteiger partial charge in [-0.3, -0.25) is 0 Å². The van der Waals surface area contributed by atoms with Crippen LogP contribution in [0.4, 0.5) is 10.2 Å². The van der Waals surface area contributed by atoms with Gasteiger partial charge in [0, 0.05) is 26.4 Å². The Morgan fingerprint density at radius 1 is 1.23 bits per heavy atom. The molecule has 0 saturated carbocycles. The zero-order chi connectivity index (χ0) is 23.2. The molecule has 0 unspecified atom stereocenters. The van der Waals surface area contributed by atoms with Crippen molar-refractivity contribution < 1.29 is 31.9 Å². The third kappa shape index (κ3) is 5.19. The Balaban J connectivity index is 2.67. The van der Waals surface area contributed by atoms with E-state index in [1.54, 1.807) is 6.92 Å². The first kappa shape index (κ1) is 24.7. The molecular weight excluding hydrogens is 449 g/mol. The number of hydrogen-bond acceptors (Lipinski definition) is 9. The van der Waals surface area contributed by atoms with Gasteiger partial charge in [0.2, 0.25) is 0 Å². The number of halogens is 2. The van der Waals surface area contributed by atoms with Gasteiger partial charge in [-0.25, -0.2) is 19.2 Å². The Bertz CT molecular complexity index is 988. The number of carbonyl (C=O) groups excluding carboxylic acids is 1. The summed E-state index contributed by atoms with van der Waals surface area (Å²) in [6.45, 7) is 2.12. The topological polar surface area (TPSA) is 115 Å². The highest BCUT2D eigenvalue weighted by molar-refractivity contribution is 6.67. The molecule has 0 aliphatic carbocycles. The predicted molar refractivity (Wildman–Crippen MR) is 115 cm³/mol. The van der Waals surface area contributed by atoms with E-state index in [2.05, 4.69) is 9.97 Å². The number of ether oxygens (including phenoxy) is 2. The summed E-state index contributed by atoms with van der Waals surface area (Å²) in [7, 11) is 2.18. The SMILES string of the molecule is CCO[Si](/C=C/c1c(N)nc(-c2ccc(Cl)c(OC)c2F)nc1C(=O)OC)(OC)OC. The van der Waals surface area contributed by atoms with Crippen molar-refractivity contribution in [2.75, 3.05) is 40.8 Å². The average Bonchev–Trinajstić information content (AvgIpc) is 2.76. The molecule has 31 heavy (non-hydrogen) atoms. The average molecular weight is 472 g/mol. The minimum Gasteiger partial charge on any atom is -0.492 e. The minimum absolute atomic E-state index is 0.0551. The van der Waals surface area contributed by atoms with Gasteiger partial charge in [0.15, 0.2) is 23.1 Å². The lowest BCUT2D eigenvalue weighted by atomic mass is 10.1. The largest absolute Gasteiger partial charge is 0.529 e. The van der Waals surface area contributed by atoms with Crippen LogP contribution in [0.1, 0.15) is 23.0 Å². The molecule has 0 spiro atoms. The van der Waals surface area contributed by atoms with Gasteiger partial charge < -0.3 is 28.5 Å². The predicted octanol–water partition coefficient (Wildman–Crippen LogP) is 3.13. The molecule has 0 saturated heterocycles. The fourth-order valence-electron chi connectivity index (χ4n) is 2.69. The Kier molecular flexibility index (Phi) is 8.48. The minimum atomic E-state index is -3.16. The Morgan fingerprint density at radius 3 is 2.45 bits per heavy atom. The van der Waals surface area contributed by atoms with Gasteiger partial charge in [-0.1, -0.05) is 11.6 Å². The molecule has 0 bridgehead atoms. The molecule has 1 aromatic heterocycles. The van der Waals surface area contributed by atoms with Crippen molar-refractivity contribution in [3.8, 4) is 17.1 Å². The normalized spacial score (nSPS) is 11.7. The number of rotatable bonds is 9. The monoisotopic (exact) mass is 471 g/mol. The van der Waals surface area contributed by atoms with Crippen LogP contribution in [0.15, 0.2) is 17.8 Å². The van der Waals surface area contributed by atoms with Gasteiger partial charge >= 0.3 is 14.8 Å². The molecule has 168 valence electrons. The number of carbonyl (C=O) groups is 1. The summed E-state index contributed by atoms with van der Waals surface area (Å²) in [5, 5.41) is 0.0702. The molecule has 0 aliphatic rings. The van der Waals surface area contributed by atoms with Crippen molar-refractivity contribution >= 4 is 38.3 Å². The lowest BCUT2D eigenvalue weighted by molar-refractivity contribution is 0.0593. The molecule has 0 amide bonds. The van der Waals surface area contributed by atoms with E-state index >= 15 is 0 Å². The molecule has 1 aromatic carbocycles. The van der Waals surface area contributed by atoms with Crippen LogP contribution in [0, 0.1) is 5.82 Å². The van der Waals surface area contributed by atoms with E-state index in [1.807, 2.05) is 0 Å². The fourth-order valence-corrected chi connectivity index (χ4v) is 4.46. The van der Waals surface area contributed by atoms with Crippen molar-refractivity contribution in [3.05, 3.63) is 39.9 Å². The van der Waals surface area contributed by atoms with Gasteiger partial charge in [0.05, 0.1) is 24.8 Å². The highest BCUT2D eigenvalue weighted by Gasteiger charge is 2.36. The molecule has 1 heterocycles. The molecule has 12 heteroatoms. The molecule has 0 radical (unpaired) electrons. The molecule has 9 nitrogen and oxygen atoms in total. The quantitative estimate of drug-likeness (QED) is 0.435. The molecule has 2 N–H and O–H groups in total. The zero-order valence-corrected chi connectivity index (χ0v) is 19.4. The first-order valence-corrected chi connectivity index (χ1v) is 11.2. The molecule has 2 rings (SSSR count). The maximum Gasteiger partial charge on any atom is 0.529 e. The Hall–Kier alpha value is -2.57. The van der Waals surface area contributed by atoms with Crippen LogP contribution in [0.2, 0.25) is 5.02 Å². The lowest BCUT2D eigenvalue weighted by Gasteiger charge is -2.22. The second-order valence-electron chi connectivity index (χ2n) is 5.91. The smallest absolute Gasteiger partial charge is 0.492 e. The van der Waals surface area contributed by atoms with E-state index in [-0.39, 0.29) is 39.2 Å².